The van der Waals surface area contributed by atoms with Crippen molar-refractivity contribution in [2.24, 2.45) is 5.92 Å². The Morgan fingerprint density at radius 2 is 1.21 bits per heavy atom. The van der Waals surface area contributed by atoms with Crippen molar-refractivity contribution in [3.63, 3.8) is 0 Å². The molecule has 4 atom stereocenters. The van der Waals surface area contributed by atoms with Gasteiger partial charge in [-0.25, -0.2) is 0 Å². The first-order valence-electron chi connectivity index (χ1n) is 22.4. The highest BCUT2D eigenvalue weighted by Crippen LogP contribution is 2.42. The van der Waals surface area contributed by atoms with Gasteiger partial charge in [-0.3, -0.25) is 9.69 Å². The predicted molar refractivity (Wildman–Crippen MR) is 239 cm³/mol. The van der Waals surface area contributed by atoms with Crippen molar-refractivity contribution in [1.29, 1.82) is 0 Å². The molecule has 0 spiro atoms. The lowest BCUT2D eigenvalue weighted by atomic mass is 9.89. The van der Waals surface area contributed by atoms with E-state index < -0.39 is 6.29 Å². The number of hydrogen-bond acceptors (Lipinski definition) is 5. The van der Waals surface area contributed by atoms with Crippen molar-refractivity contribution in [2.75, 3.05) is 13.6 Å². The molecule has 1 saturated heterocycles. The van der Waals surface area contributed by atoms with Gasteiger partial charge in [-0.1, -0.05) is 188 Å². The summed E-state index contributed by atoms with van der Waals surface area (Å²) in [5.74, 6) is 0.200. The van der Waals surface area contributed by atoms with E-state index in [1.807, 2.05) is 12.1 Å². The van der Waals surface area contributed by atoms with E-state index in [1.165, 1.54) is 97.7 Å². The van der Waals surface area contributed by atoms with Gasteiger partial charge < -0.3 is 19.9 Å². The fourth-order valence-electron chi connectivity index (χ4n) is 8.63. The zero-order valence-corrected chi connectivity index (χ0v) is 35.5. The van der Waals surface area contributed by atoms with Crippen LogP contribution in [0.4, 0.5) is 0 Å². The molecule has 1 heterocycles. The Hall–Kier alpha value is -4.07. The van der Waals surface area contributed by atoms with Crippen LogP contribution >= 0.6 is 0 Å². The van der Waals surface area contributed by atoms with Crippen LogP contribution in [0.25, 0.3) is 21.5 Å². The molecule has 6 heteroatoms. The van der Waals surface area contributed by atoms with Gasteiger partial charge in [0, 0.05) is 37.5 Å². The zero-order valence-electron chi connectivity index (χ0n) is 35.5. The van der Waals surface area contributed by atoms with E-state index in [-0.39, 0.29) is 30.6 Å². The third-order valence-corrected chi connectivity index (χ3v) is 12.2. The number of hydrogen-bond donors (Lipinski definition) is 2. The summed E-state index contributed by atoms with van der Waals surface area (Å²) in [6, 6.07) is 36.0. The second-order valence-corrected chi connectivity index (χ2v) is 16.8. The average molecular weight is 785 g/mol. The van der Waals surface area contributed by atoms with Crippen LogP contribution < -0.4 is 5.32 Å². The van der Waals surface area contributed by atoms with Gasteiger partial charge >= 0.3 is 0 Å². The van der Waals surface area contributed by atoms with E-state index in [9.17, 15) is 9.90 Å². The number of carbonyl (C=O) groups excluding carboxylic acids is 1. The summed E-state index contributed by atoms with van der Waals surface area (Å²) in [7, 11) is 2.18. The minimum Gasteiger partial charge on any atom is -0.392 e. The lowest BCUT2D eigenvalue weighted by Gasteiger charge is -2.42. The zero-order chi connectivity index (χ0) is 40.5. The summed E-state index contributed by atoms with van der Waals surface area (Å²) in [6.45, 7) is 6.53. The Morgan fingerprint density at radius 1 is 0.672 bits per heavy atom. The fraction of sp³-hybridized carbons (Fsp3) is 0.481. The molecule has 1 aliphatic rings. The van der Waals surface area contributed by atoms with Crippen LogP contribution in [-0.2, 0) is 34.0 Å². The molecule has 6 nitrogen and oxygen atoms in total. The smallest absolute Gasteiger partial charge is 0.220 e. The van der Waals surface area contributed by atoms with Crippen LogP contribution in [0.1, 0.15) is 144 Å². The van der Waals surface area contributed by atoms with Crippen molar-refractivity contribution >= 4 is 27.5 Å². The molecule has 1 amide bonds. The molecule has 0 radical (unpaired) electrons. The average Bonchev–Trinajstić information content (AvgIpc) is 3.25. The number of unbranched alkanes of at least 4 members (excludes halogenated alkanes) is 12. The van der Waals surface area contributed by atoms with E-state index in [2.05, 4.69) is 122 Å². The van der Waals surface area contributed by atoms with E-state index in [0.717, 1.165) is 48.2 Å². The molecule has 0 aromatic heterocycles. The molecular weight excluding hydrogens is 717 g/mol. The van der Waals surface area contributed by atoms with Gasteiger partial charge in [0.1, 0.15) is 0 Å². The molecule has 4 unspecified atom stereocenters. The number of carbonyl (C=O) groups is 1. The normalized spacial score (nSPS) is 18.3. The van der Waals surface area contributed by atoms with Gasteiger partial charge in [-0.15, -0.1) is 0 Å². The SMILES string of the molecule is CCCCCCCCCCCCCCCC(=O)NCc1ccc(C2OC(CN(C)Cc3c4ccccc4cc4ccccc34)C(C)C(c3ccc(CO)cc3)O2)cc1. The van der Waals surface area contributed by atoms with Crippen molar-refractivity contribution in [3.8, 4) is 0 Å². The maximum Gasteiger partial charge on any atom is 0.220 e. The Balaban J connectivity index is 1.02. The Labute approximate surface area is 348 Å². The van der Waals surface area contributed by atoms with Gasteiger partial charge in [0.25, 0.3) is 0 Å². The first-order chi connectivity index (χ1) is 28.4. The number of amides is 1. The van der Waals surface area contributed by atoms with Crippen LogP contribution in [0.3, 0.4) is 0 Å². The molecule has 0 saturated carbocycles. The van der Waals surface area contributed by atoms with Crippen LogP contribution in [0.15, 0.2) is 103 Å². The second kappa shape index (κ2) is 22.9. The summed E-state index contributed by atoms with van der Waals surface area (Å²) in [5, 5.41) is 17.9. The number of fused-ring (bicyclic) bond motifs is 2. The van der Waals surface area contributed by atoms with Crippen LogP contribution in [0.5, 0.6) is 0 Å². The molecule has 6 rings (SSSR count). The van der Waals surface area contributed by atoms with E-state index >= 15 is 0 Å². The lowest BCUT2D eigenvalue weighted by molar-refractivity contribution is -0.276. The van der Waals surface area contributed by atoms with Crippen LogP contribution in [-0.4, -0.2) is 35.6 Å². The largest absolute Gasteiger partial charge is 0.392 e. The van der Waals surface area contributed by atoms with Crippen LogP contribution in [0, 0.1) is 5.92 Å². The molecule has 0 bridgehead atoms. The summed E-state index contributed by atoms with van der Waals surface area (Å²) < 4.78 is 13.6. The topological polar surface area (TPSA) is 71.0 Å². The fourth-order valence-corrected chi connectivity index (χ4v) is 8.63. The summed E-state index contributed by atoms with van der Waals surface area (Å²) in [5.41, 5.74) is 5.30. The van der Waals surface area contributed by atoms with Gasteiger partial charge in [-0.05, 0) is 63.3 Å². The predicted octanol–water partition coefficient (Wildman–Crippen LogP) is 12.5. The summed E-state index contributed by atoms with van der Waals surface area (Å²) >= 11 is 0. The summed E-state index contributed by atoms with van der Waals surface area (Å²) in [4.78, 5) is 15.1. The third-order valence-electron chi connectivity index (χ3n) is 12.2. The molecule has 1 aliphatic heterocycles. The Bertz CT molecular complexity index is 1920. The van der Waals surface area contributed by atoms with Crippen molar-refractivity contribution in [2.45, 2.75) is 142 Å². The number of nitrogens with one attached hydrogen (secondary N) is 1. The number of ether oxygens (including phenoxy) is 2. The number of nitrogens with zero attached hydrogens (tertiary/aromatic N) is 1. The molecule has 5 aromatic rings. The van der Waals surface area contributed by atoms with E-state index in [1.54, 1.807) is 0 Å². The van der Waals surface area contributed by atoms with Crippen molar-refractivity contribution in [1.82, 2.24) is 10.2 Å². The highest BCUT2D eigenvalue weighted by atomic mass is 16.7. The number of likely N-dealkylation sites (N-methyl/N-ethyl adjacent to an activating group) is 1. The number of aliphatic hydroxyl groups is 1. The number of aliphatic hydroxyl groups excluding tert-OH is 1. The maximum absolute atomic E-state index is 12.7. The highest BCUT2D eigenvalue weighted by molar-refractivity contribution is 6.02. The molecule has 2 N–H and O–H groups in total. The van der Waals surface area contributed by atoms with Gasteiger partial charge in [0.15, 0.2) is 6.29 Å². The van der Waals surface area contributed by atoms with Crippen LogP contribution in [0.2, 0.25) is 0 Å². The Kier molecular flexibility index (Phi) is 17.2. The summed E-state index contributed by atoms with van der Waals surface area (Å²) in [6.07, 6.45) is 16.7. The standard InChI is InChI=1S/C52H68N2O4/c1-4-5-6-7-8-9-10-11-12-13-14-15-16-25-50(56)53-35-40-26-32-43(33-27-40)52-57-49(39(2)51(58-52)42-30-28-41(38-55)29-31-42)37-54(3)36-48-46-23-19-17-21-44(46)34-45-22-18-20-24-47(45)48/h17-24,26-34,39,49,51-52,55H,4-16,25,35-38H2,1-3H3,(H,53,56). The van der Waals surface area contributed by atoms with E-state index in [4.69, 9.17) is 9.47 Å². The van der Waals surface area contributed by atoms with E-state index in [0.29, 0.717) is 13.0 Å². The molecule has 1 fully saturated rings. The monoisotopic (exact) mass is 785 g/mol. The molecule has 58 heavy (non-hydrogen) atoms. The van der Waals surface area contributed by atoms with Gasteiger partial charge in [-0.2, -0.15) is 0 Å². The third kappa shape index (κ3) is 12.5. The first-order valence-corrected chi connectivity index (χ1v) is 22.4. The van der Waals surface area contributed by atoms with Gasteiger partial charge in [0.2, 0.25) is 5.91 Å². The minimum atomic E-state index is -0.547. The highest BCUT2D eigenvalue weighted by Gasteiger charge is 2.39. The molecule has 0 aliphatic carbocycles. The minimum absolute atomic E-state index is 0.00953. The lowest BCUT2D eigenvalue weighted by Crippen LogP contribution is -2.43. The first kappa shape index (κ1) is 43.5. The number of rotatable bonds is 23. The Morgan fingerprint density at radius 3 is 1.79 bits per heavy atom. The number of benzene rings is 5. The molecule has 310 valence electrons. The molecular formula is C52H68N2O4. The molecule has 5 aromatic carbocycles. The van der Waals surface area contributed by atoms with Crippen molar-refractivity contribution < 1.29 is 19.4 Å². The quantitative estimate of drug-likeness (QED) is 0.0510. The second-order valence-electron chi connectivity index (χ2n) is 16.8. The van der Waals surface area contributed by atoms with Gasteiger partial charge in [0.05, 0.1) is 18.8 Å². The maximum atomic E-state index is 12.7. The van der Waals surface area contributed by atoms with Crippen molar-refractivity contribution in [3.05, 3.63) is 131 Å².